The number of ether oxygens (including phenoxy) is 1. The zero-order valence-electron chi connectivity index (χ0n) is 19.5. The maximum Gasteiger partial charge on any atom is 0.225 e. The summed E-state index contributed by atoms with van der Waals surface area (Å²) < 4.78 is 19.1. The highest BCUT2D eigenvalue weighted by Crippen LogP contribution is 2.33. The first kappa shape index (κ1) is 23.4. The smallest absolute Gasteiger partial charge is 0.225 e. The summed E-state index contributed by atoms with van der Waals surface area (Å²) in [4.78, 5) is 17.8. The first-order chi connectivity index (χ1) is 16.5. The molecule has 34 heavy (non-hydrogen) atoms. The Morgan fingerprint density at radius 1 is 1.09 bits per heavy atom. The number of anilines is 1. The molecule has 1 amide bonds. The lowest BCUT2D eigenvalue weighted by Gasteiger charge is -2.26. The minimum Gasteiger partial charge on any atom is -0.489 e. The molecule has 0 aromatic heterocycles. The molecular weight excluding hydrogens is 453 g/mol. The Kier molecular flexibility index (Phi) is 7.26. The number of amides is 1. The summed E-state index contributed by atoms with van der Waals surface area (Å²) in [5.41, 5.74) is 2.07. The fraction of sp³-hybridized carbons (Fsp3) is 0.519. The van der Waals surface area contributed by atoms with E-state index in [0.29, 0.717) is 17.7 Å². The summed E-state index contributed by atoms with van der Waals surface area (Å²) >= 11 is 6.50. The van der Waals surface area contributed by atoms with Gasteiger partial charge in [-0.2, -0.15) is 0 Å². The number of likely N-dealkylation sites (tertiary alicyclic amines) is 1. The van der Waals surface area contributed by atoms with E-state index in [0.717, 1.165) is 68.9 Å². The Bertz CT molecular complexity index is 992. The third-order valence-electron chi connectivity index (χ3n) is 7.07. The summed E-state index contributed by atoms with van der Waals surface area (Å²) in [6.07, 6.45) is 6.48. The third kappa shape index (κ3) is 6.02. The number of carbonyl (C=O) groups excluding carboxylic acids is 1. The fourth-order valence-corrected chi connectivity index (χ4v) is 5.28. The lowest BCUT2D eigenvalue weighted by Crippen LogP contribution is -2.46. The molecule has 7 heteroatoms. The van der Waals surface area contributed by atoms with Crippen LogP contribution in [-0.2, 0) is 11.2 Å². The second kappa shape index (κ2) is 10.5. The van der Waals surface area contributed by atoms with Crippen LogP contribution < -0.4 is 15.0 Å². The van der Waals surface area contributed by atoms with Gasteiger partial charge in [0.05, 0.1) is 17.0 Å². The van der Waals surface area contributed by atoms with Crippen molar-refractivity contribution in [3.63, 3.8) is 0 Å². The second-order valence-corrected chi connectivity index (χ2v) is 10.3. The number of benzene rings is 2. The Labute approximate surface area is 206 Å². The van der Waals surface area contributed by atoms with Crippen LogP contribution in [0.5, 0.6) is 5.75 Å². The zero-order chi connectivity index (χ0) is 23.5. The highest BCUT2D eigenvalue weighted by Gasteiger charge is 2.31. The lowest BCUT2D eigenvalue weighted by atomic mass is 10.0. The van der Waals surface area contributed by atoms with Gasteiger partial charge in [-0.15, -0.1) is 0 Å². The molecule has 0 spiro atoms. The molecule has 5 nitrogen and oxygen atoms in total. The summed E-state index contributed by atoms with van der Waals surface area (Å²) in [5, 5.41) is 3.99. The number of carbonyl (C=O) groups is 1. The first-order valence-corrected chi connectivity index (χ1v) is 12.9. The van der Waals surface area contributed by atoms with Crippen molar-refractivity contribution in [1.82, 2.24) is 10.2 Å². The predicted molar refractivity (Wildman–Crippen MR) is 133 cm³/mol. The molecule has 2 atom stereocenters. The monoisotopic (exact) mass is 485 g/mol. The maximum absolute atomic E-state index is 13.3. The highest BCUT2D eigenvalue weighted by molar-refractivity contribution is 6.32. The molecule has 5 rings (SSSR count). The van der Waals surface area contributed by atoms with Gasteiger partial charge in [0, 0.05) is 31.4 Å². The molecule has 1 saturated carbocycles. The van der Waals surface area contributed by atoms with E-state index < -0.39 is 0 Å². The van der Waals surface area contributed by atoms with Crippen LogP contribution in [0.25, 0.3) is 0 Å². The Morgan fingerprint density at radius 3 is 2.56 bits per heavy atom. The summed E-state index contributed by atoms with van der Waals surface area (Å²) in [6, 6.07) is 12.5. The van der Waals surface area contributed by atoms with E-state index in [-0.39, 0.29) is 23.7 Å². The molecule has 2 saturated heterocycles. The van der Waals surface area contributed by atoms with Gasteiger partial charge in [0.2, 0.25) is 5.91 Å². The van der Waals surface area contributed by atoms with Crippen molar-refractivity contribution in [1.29, 1.82) is 0 Å². The van der Waals surface area contributed by atoms with Gasteiger partial charge >= 0.3 is 0 Å². The Morgan fingerprint density at radius 2 is 1.85 bits per heavy atom. The number of nitrogens with zero attached hydrogens (tertiary/aromatic N) is 2. The number of hydrogen-bond acceptors (Lipinski definition) is 4. The van der Waals surface area contributed by atoms with Crippen LogP contribution in [0.3, 0.4) is 0 Å². The number of hydrogen-bond donors (Lipinski definition) is 1. The quantitative estimate of drug-likeness (QED) is 0.560. The van der Waals surface area contributed by atoms with Crippen LogP contribution in [0.15, 0.2) is 42.5 Å². The van der Waals surface area contributed by atoms with Crippen LogP contribution in [-0.4, -0.2) is 55.7 Å². The molecule has 2 heterocycles. The second-order valence-electron chi connectivity index (χ2n) is 9.91. The number of rotatable bonds is 9. The van der Waals surface area contributed by atoms with E-state index >= 15 is 0 Å². The largest absolute Gasteiger partial charge is 0.489 e. The molecule has 2 aromatic carbocycles. The first-order valence-electron chi connectivity index (χ1n) is 12.5. The van der Waals surface area contributed by atoms with Gasteiger partial charge in [-0.1, -0.05) is 17.7 Å². The molecule has 3 aliphatic rings. The molecule has 2 aliphatic heterocycles. The van der Waals surface area contributed by atoms with Gasteiger partial charge in [-0.05, 0) is 93.6 Å². The van der Waals surface area contributed by atoms with Crippen molar-refractivity contribution in [2.45, 2.75) is 50.7 Å². The molecule has 1 N–H and O–H groups in total. The minimum absolute atomic E-state index is 0.0248. The van der Waals surface area contributed by atoms with Crippen molar-refractivity contribution < 1.29 is 13.9 Å². The van der Waals surface area contributed by atoms with Crippen LogP contribution in [0.2, 0.25) is 5.02 Å². The highest BCUT2D eigenvalue weighted by atomic mass is 35.5. The topological polar surface area (TPSA) is 44.8 Å². The fourth-order valence-electron chi connectivity index (χ4n) is 5.03. The predicted octanol–water partition coefficient (Wildman–Crippen LogP) is 4.67. The van der Waals surface area contributed by atoms with E-state index in [9.17, 15) is 9.18 Å². The third-order valence-corrected chi connectivity index (χ3v) is 7.37. The van der Waals surface area contributed by atoms with Crippen LogP contribution in [0.4, 0.5) is 10.1 Å². The molecule has 1 unspecified atom stereocenters. The summed E-state index contributed by atoms with van der Waals surface area (Å²) in [5.74, 6) is 0.548. The van der Waals surface area contributed by atoms with E-state index in [1.54, 1.807) is 12.1 Å². The molecule has 1 aliphatic carbocycles. The van der Waals surface area contributed by atoms with Crippen molar-refractivity contribution in [2.24, 2.45) is 5.92 Å². The van der Waals surface area contributed by atoms with Gasteiger partial charge in [0.1, 0.15) is 11.6 Å². The van der Waals surface area contributed by atoms with Gasteiger partial charge in [-0.3, -0.25) is 4.79 Å². The molecule has 2 aromatic rings. The van der Waals surface area contributed by atoms with Crippen LogP contribution in [0.1, 0.15) is 37.7 Å². The summed E-state index contributed by atoms with van der Waals surface area (Å²) in [6.45, 7) is 4.48. The minimum atomic E-state index is -0.241. The van der Waals surface area contributed by atoms with Crippen LogP contribution >= 0.6 is 11.6 Å². The van der Waals surface area contributed by atoms with Crippen LogP contribution in [0, 0.1) is 11.7 Å². The standard InChI is InChI=1S/C27H33ClFN3O2/c28-25-16-19(3-10-26(25)34-24-8-9-24)15-22(18-31-12-1-2-13-31)30-27(33)20-11-14-32(17-20)23-6-4-21(29)5-7-23/h3-7,10,16,20,22,24H,1-2,8-9,11-15,17-18H2,(H,30,33)/t20-,22?/m1/s1. The van der Waals surface area contributed by atoms with Crippen molar-refractivity contribution in [3.05, 3.63) is 58.9 Å². The number of halogens is 2. The molecule has 3 fully saturated rings. The SMILES string of the molecule is O=C(NC(Cc1ccc(OC2CC2)c(Cl)c1)CN1CCCC1)[C@@H]1CCN(c2ccc(F)cc2)C1. The molecule has 0 bridgehead atoms. The van der Waals surface area contributed by atoms with E-state index in [4.69, 9.17) is 16.3 Å². The maximum atomic E-state index is 13.3. The molecule has 182 valence electrons. The summed E-state index contributed by atoms with van der Waals surface area (Å²) in [7, 11) is 0. The van der Waals surface area contributed by atoms with Crippen molar-refractivity contribution >= 4 is 23.2 Å². The van der Waals surface area contributed by atoms with Gasteiger partial charge in [0.15, 0.2) is 0 Å². The van der Waals surface area contributed by atoms with Gasteiger partial charge in [-0.25, -0.2) is 4.39 Å². The van der Waals surface area contributed by atoms with Gasteiger partial charge in [0.25, 0.3) is 0 Å². The average Bonchev–Trinajstić information content (AvgIpc) is 3.26. The normalized spacial score (nSPS) is 21.6. The lowest BCUT2D eigenvalue weighted by molar-refractivity contribution is -0.125. The molecular formula is C27H33ClFN3O2. The van der Waals surface area contributed by atoms with Crippen molar-refractivity contribution in [2.75, 3.05) is 37.6 Å². The molecule has 0 radical (unpaired) electrons. The Hall–Kier alpha value is -2.31. The van der Waals surface area contributed by atoms with E-state index in [1.807, 2.05) is 12.1 Å². The van der Waals surface area contributed by atoms with E-state index in [1.165, 1.54) is 25.0 Å². The van der Waals surface area contributed by atoms with E-state index in [2.05, 4.69) is 21.2 Å². The number of nitrogens with one attached hydrogen (secondary N) is 1. The van der Waals surface area contributed by atoms with Gasteiger partial charge < -0.3 is 19.9 Å². The average molecular weight is 486 g/mol. The van der Waals surface area contributed by atoms with Crippen molar-refractivity contribution in [3.8, 4) is 5.75 Å². The zero-order valence-corrected chi connectivity index (χ0v) is 20.3. The Balaban J connectivity index is 1.22.